The molecule has 5 rings (SSSR count). The first-order chi connectivity index (χ1) is 16.2. The summed E-state index contributed by atoms with van der Waals surface area (Å²) in [6, 6.07) is 16.3. The Morgan fingerprint density at radius 1 is 1.03 bits per heavy atom. The first kappa shape index (κ1) is 21.7. The van der Waals surface area contributed by atoms with Crippen LogP contribution in [0.4, 0.5) is 0 Å². The lowest BCUT2D eigenvalue weighted by Crippen LogP contribution is -2.48. The van der Waals surface area contributed by atoms with Crippen molar-refractivity contribution in [3.05, 3.63) is 82.3 Å². The summed E-state index contributed by atoms with van der Waals surface area (Å²) in [5, 5.41) is 8.73. The number of piperazine rings is 1. The van der Waals surface area contributed by atoms with Crippen molar-refractivity contribution < 1.29 is 9.53 Å². The van der Waals surface area contributed by atoms with Crippen LogP contribution in [0, 0.1) is 0 Å². The molecule has 170 valence electrons. The number of carbonyl (C=O) groups excluding carboxylic acids is 1. The molecule has 0 radical (unpaired) electrons. The predicted molar refractivity (Wildman–Crippen MR) is 132 cm³/mol. The summed E-state index contributed by atoms with van der Waals surface area (Å²) >= 11 is 1.50. The van der Waals surface area contributed by atoms with Crippen molar-refractivity contribution in [1.82, 2.24) is 19.6 Å². The summed E-state index contributed by atoms with van der Waals surface area (Å²) in [7, 11) is 0. The van der Waals surface area contributed by atoms with Gasteiger partial charge in [-0.1, -0.05) is 30.3 Å². The summed E-state index contributed by atoms with van der Waals surface area (Å²) < 4.78 is 7.94. The van der Waals surface area contributed by atoms with Gasteiger partial charge in [0, 0.05) is 56.6 Å². The van der Waals surface area contributed by atoms with E-state index in [-0.39, 0.29) is 5.91 Å². The van der Waals surface area contributed by atoms with Gasteiger partial charge in [0.05, 0.1) is 11.1 Å². The first-order valence-corrected chi connectivity index (χ1v) is 12.3. The maximum absolute atomic E-state index is 13.0. The molecule has 1 amide bonds. The minimum absolute atomic E-state index is 0.121. The molecule has 33 heavy (non-hydrogen) atoms. The van der Waals surface area contributed by atoms with E-state index in [1.807, 2.05) is 45.4 Å². The van der Waals surface area contributed by atoms with Gasteiger partial charge in [0.15, 0.2) is 0 Å². The smallest absolute Gasteiger partial charge is 0.264 e. The zero-order chi connectivity index (χ0) is 22.6. The Kier molecular flexibility index (Phi) is 6.41. The van der Waals surface area contributed by atoms with Gasteiger partial charge in [0.1, 0.15) is 12.4 Å². The van der Waals surface area contributed by atoms with Crippen LogP contribution in [0.3, 0.4) is 0 Å². The van der Waals surface area contributed by atoms with Crippen LogP contribution in [0.2, 0.25) is 0 Å². The first-order valence-electron chi connectivity index (χ1n) is 11.4. The van der Waals surface area contributed by atoms with Crippen molar-refractivity contribution in [1.29, 1.82) is 0 Å². The Labute approximate surface area is 198 Å². The summed E-state index contributed by atoms with van der Waals surface area (Å²) in [6.07, 6.45) is 4.04. The molecule has 3 heterocycles. The maximum atomic E-state index is 13.0. The number of fused-ring (bicyclic) bond motifs is 1. The number of aryl methyl sites for hydroxylation is 1. The number of thiophene rings is 1. The fourth-order valence-corrected chi connectivity index (χ4v) is 5.04. The number of hydrogen-bond acceptors (Lipinski definition) is 5. The van der Waals surface area contributed by atoms with E-state index < -0.39 is 0 Å². The van der Waals surface area contributed by atoms with Crippen LogP contribution < -0.4 is 4.74 Å². The van der Waals surface area contributed by atoms with Gasteiger partial charge in [0.2, 0.25) is 0 Å². The van der Waals surface area contributed by atoms with Crippen molar-refractivity contribution in [3.8, 4) is 5.75 Å². The number of carbonyl (C=O) groups is 1. The topological polar surface area (TPSA) is 50.6 Å². The van der Waals surface area contributed by atoms with E-state index in [2.05, 4.69) is 47.4 Å². The standard InChI is InChI=1S/C26H28N4O2S/c1-2-30-17-21(15-27-30)16-28-9-11-29(12-10-28)26(31)25-13-20(19-33-25)18-32-24-8-7-22-5-3-4-6-23(22)14-24/h3-8,13-15,17,19H,2,9-12,16,18H2,1H3. The number of hydrogen-bond donors (Lipinski definition) is 0. The molecule has 2 aromatic carbocycles. The normalized spacial score (nSPS) is 14.6. The Balaban J connectivity index is 1.13. The van der Waals surface area contributed by atoms with E-state index >= 15 is 0 Å². The third kappa shape index (κ3) is 5.10. The van der Waals surface area contributed by atoms with Crippen LogP contribution in [0.25, 0.3) is 10.8 Å². The number of benzene rings is 2. The van der Waals surface area contributed by atoms with Gasteiger partial charge >= 0.3 is 0 Å². The molecule has 7 heteroatoms. The maximum Gasteiger partial charge on any atom is 0.264 e. The predicted octanol–water partition coefficient (Wildman–Crippen LogP) is 4.65. The Hall–Kier alpha value is -3.16. The highest BCUT2D eigenvalue weighted by molar-refractivity contribution is 7.12. The number of rotatable bonds is 7. The summed E-state index contributed by atoms with van der Waals surface area (Å²) in [5.41, 5.74) is 2.26. The quantitative estimate of drug-likeness (QED) is 0.403. The largest absolute Gasteiger partial charge is 0.489 e. The molecule has 0 aliphatic carbocycles. The lowest BCUT2D eigenvalue weighted by molar-refractivity contribution is 0.0633. The average Bonchev–Trinajstić information content (AvgIpc) is 3.52. The van der Waals surface area contributed by atoms with Crippen LogP contribution in [0.1, 0.15) is 27.7 Å². The molecule has 0 N–H and O–H groups in total. The Morgan fingerprint density at radius 3 is 2.64 bits per heavy atom. The van der Waals surface area contributed by atoms with Gasteiger partial charge in [-0.3, -0.25) is 14.4 Å². The monoisotopic (exact) mass is 460 g/mol. The molecule has 2 aromatic heterocycles. The molecular weight excluding hydrogens is 432 g/mol. The van der Waals surface area contributed by atoms with E-state index in [0.29, 0.717) is 6.61 Å². The SMILES string of the molecule is CCn1cc(CN2CCN(C(=O)c3cc(COc4ccc5ccccc5c4)cs3)CC2)cn1. The lowest BCUT2D eigenvalue weighted by Gasteiger charge is -2.34. The second-order valence-corrected chi connectivity index (χ2v) is 9.30. The van der Waals surface area contributed by atoms with Gasteiger partial charge in [-0.2, -0.15) is 5.10 Å². The molecule has 0 atom stereocenters. The van der Waals surface area contributed by atoms with Crippen molar-refractivity contribution >= 4 is 28.0 Å². The third-order valence-corrected chi connectivity index (χ3v) is 7.03. The highest BCUT2D eigenvalue weighted by atomic mass is 32.1. The summed E-state index contributed by atoms with van der Waals surface area (Å²) in [6.45, 7) is 7.59. The molecule has 0 spiro atoms. The molecule has 1 aliphatic heterocycles. The van der Waals surface area contributed by atoms with Crippen LogP contribution in [-0.4, -0.2) is 51.7 Å². The minimum Gasteiger partial charge on any atom is -0.489 e. The third-order valence-electron chi connectivity index (χ3n) is 6.07. The number of aromatic nitrogens is 2. The summed E-state index contributed by atoms with van der Waals surface area (Å²) in [4.78, 5) is 18.1. The summed E-state index contributed by atoms with van der Waals surface area (Å²) in [5.74, 6) is 0.962. The molecule has 0 bridgehead atoms. The number of amides is 1. The van der Waals surface area contributed by atoms with E-state index in [1.165, 1.54) is 22.3 Å². The van der Waals surface area contributed by atoms with E-state index in [1.54, 1.807) is 0 Å². The molecule has 6 nitrogen and oxygen atoms in total. The van der Waals surface area contributed by atoms with Gasteiger partial charge in [-0.05, 0) is 41.3 Å². The lowest BCUT2D eigenvalue weighted by atomic mass is 10.1. The van der Waals surface area contributed by atoms with Crippen molar-refractivity contribution in [2.75, 3.05) is 26.2 Å². The number of nitrogens with zero attached hydrogens (tertiary/aromatic N) is 4. The average molecular weight is 461 g/mol. The van der Waals surface area contributed by atoms with Crippen LogP contribution >= 0.6 is 11.3 Å². The number of ether oxygens (including phenoxy) is 1. The molecule has 4 aromatic rings. The fourth-order valence-electron chi connectivity index (χ4n) is 4.17. The molecule has 0 saturated carbocycles. The minimum atomic E-state index is 0.121. The Bertz CT molecular complexity index is 1240. The van der Waals surface area contributed by atoms with Gasteiger partial charge in [-0.15, -0.1) is 11.3 Å². The Morgan fingerprint density at radius 2 is 1.85 bits per heavy atom. The second kappa shape index (κ2) is 9.77. The van der Waals surface area contributed by atoms with Gasteiger partial charge in [-0.25, -0.2) is 0 Å². The zero-order valence-corrected chi connectivity index (χ0v) is 19.6. The van der Waals surface area contributed by atoms with Crippen molar-refractivity contribution in [3.63, 3.8) is 0 Å². The van der Waals surface area contributed by atoms with Crippen LogP contribution in [0.15, 0.2) is 66.3 Å². The second-order valence-electron chi connectivity index (χ2n) is 8.39. The van der Waals surface area contributed by atoms with Crippen molar-refractivity contribution in [2.24, 2.45) is 0 Å². The zero-order valence-electron chi connectivity index (χ0n) is 18.8. The van der Waals surface area contributed by atoms with Crippen molar-refractivity contribution in [2.45, 2.75) is 26.6 Å². The van der Waals surface area contributed by atoms with Crippen LogP contribution in [-0.2, 0) is 19.7 Å². The van der Waals surface area contributed by atoms with Crippen LogP contribution in [0.5, 0.6) is 5.75 Å². The molecule has 1 aliphatic rings. The van der Waals surface area contributed by atoms with E-state index in [0.717, 1.165) is 60.8 Å². The molecular formula is C26H28N4O2S. The highest BCUT2D eigenvalue weighted by Crippen LogP contribution is 2.23. The van der Waals surface area contributed by atoms with Gasteiger partial charge < -0.3 is 9.64 Å². The van der Waals surface area contributed by atoms with E-state index in [4.69, 9.17) is 4.74 Å². The molecule has 0 unspecified atom stereocenters. The highest BCUT2D eigenvalue weighted by Gasteiger charge is 2.23. The van der Waals surface area contributed by atoms with E-state index in [9.17, 15) is 4.79 Å². The molecule has 1 fully saturated rings. The van der Waals surface area contributed by atoms with Gasteiger partial charge in [0.25, 0.3) is 5.91 Å². The molecule has 1 saturated heterocycles. The fraction of sp³-hybridized carbons (Fsp3) is 0.308.